The second-order valence-electron chi connectivity index (χ2n) is 7.17. The van der Waals surface area contributed by atoms with E-state index in [1.165, 1.54) is 0 Å². The SMILES string of the molecule is CC(C)CC(=O)Nc1ccc(C(=O)COC(=O)c2n[nH]c(=O)c3ccccc23)cc1. The Labute approximate surface area is 172 Å². The van der Waals surface area contributed by atoms with Gasteiger partial charge in [0.1, 0.15) is 0 Å². The van der Waals surface area contributed by atoms with Crippen molar-refractivity contribution >= 4 is 34.1 Å². The number of carbonyl (C=O) groups excluding carboxylic acids is 3. The van der Waals surface area contributed by atoms with Gasteiger partial charge in [-0.2, -0.15) is 5.10 Å². The van der Waals surface area contributed by atoms with E-state index < -0.39 is 23.9 Å². The summed E-state index contributed by atoms with van der Waals surface area (Å²) in [5.74, 6) is -1.07. The number of fused-ring (bicyclic) bond motifs is 1. The molecule has 0 spiro atoms. The highest BCUT2D eigenvalue weighted by molar-refractivity contribution is 6.04. The summed E-state index contributed by atoms with van der Waals surface area (Å²) in [5.41, 5.74) is 0.432. The number of hydrogen-bond donors (Lipinski definition) is 2. The molecule has 8 nitrogen and oxygen atoms in total. The molecular formula is C22H21N3O5. The molecule has 8 heteroatoms. The Morgan fingerprint density at radius 3 is 2.37 bits per heavy atom. The molecule has 1 heterocycles. The molecule has 0 aliphatic carbocycles. The van der Waals surface area contributed by atoms with Crippen LogP contribution in [0.5, 0.6) is 0 Å². The fourth-order valence-electron chi connectivity index (χ4n) is 2.88. The molecule has 154 valence electrons. The van der Waals surface area contributed by atoms with Crippen molar-refractivity contribution in [1.29, 1.82) is 0 Å². The summed E-state index contributed by atoms with van der Waals surface area (Å²) >= 11 is 0. The average molecular weight is 407 g/mol. The van der Waals surface area contributed by atoms with E-state index in [0.717, 1.165) is 0 Å². The van der Waals surface area contributed by atoms with Gasteiger partial charge >= 0.3 is 5.97 Å². The molecule has 0 aliphatic heterocycles. The second-order valence-corrected chi connectivity index (χ2v) is 7.17. The zero-order valence-corrected chi connectivity index (χ0v) is 16.6. The van der Waals surface area contributed by atoms with Gasteiger partial charge in [0.25, 0.3) is 5.56 Å². The molecule has 30 heavy (non-hydrogen) atoms. The van der Waals surface area contributed by atoms with E-state index in [4.69, 9.17) is 4.74 Å². The summed E-state index contributed by atoms with van der Waals surface area (Å²) in [5, 5.41) is 9.42. The molecular weight excluding hydrogens is 386 g/mol. The van der Waals surface area contributed by atoms with Crippen molar-refractivity contribution in [2.45, 2.75) is 20.3 Å². The minimum absolute atomic E-state index is 0.0683. The molecule has 0 atom stereocenters. The number of aromatic nitrogens is 2. The summed E-state index contributed by atoms with van der Waals surface area (Å²) in [4.78, 5) is 48.3. The first-order chi connectivity index (χ1) is 14.3. The first-order valence-electron chi connectivity index (χ1n) is 9.43. The molecule has 2 N–H and O–H groups in total. The summed E-state index contributed by atoms with van der Waals surface area (Å²) in [7, 11) is 0. The van der Waals surface area contributed by atoms with Crippen molar-refractivity contribution in [1.82, 2.24) is 10.2 Å². The first-order valence-corrected chi connectivity index (χ1v) is 9.43. The largest absolute Gasteiger partial charge is 0.452 e. The number of H-pyrrole nitrogens is 1. The number of aromatic amines is 1. The van der Waals surface area contributed by atoms with E-state index in [-0.39, 0.29) is 17.5 Å². The molecule has 1 amide bonds. The van der Waals surface area contributed by atoms with Gasteiger partial charge in [-0.15, -0.1) is 0 Å². The molecule has 0 saturated carbocycles. The number of amides is 1. The van der Waals surface area contributed by atoms with Gasteiger partial charge in [-0.3, -0.25) is 14.4 Å². The van der Waals surface area contributed by atoms with Crippen molar-refractivity contribution in [3.8, 4) is 0 Å². The molecule has 0 bridgehead atoms. The fraction of sp³-hybridized carbons (Fsp3) is 0.227. The van der Waals surface area contributed by atoms with Gasteiger partial charge in [0.15, 0.2) is 18.1 Å². The van der Waals surface area contributed by atoms with E-state index >= 15 is 0 Å². The van der Waals surface area contributed by atoms with Crippen LogP contribution in [0.4, 0.5) is 5.69 Å². The van der Waals surface area contributed by atoms with Crippen LogP contribution in [0.25, 0.3) is 10.8 Å². The Morgan fingerprint density at radius 1 is 1.03 bits per heavy atom. The smallest absolute Gasteiger partial charge is 0.359 e. The zero-order chi connectivity index (χ0) is 21.7. The van der Waals surface area contributed by atoms with E-state index in [1.54, 1.807) is 48.5 Å². The van der Waals surface area contributed by atoms with Gasteiger partial charge in [0.2, 0.25) is 5.91 Å². The number of nitrogens with one attached hydrogen (secondary N) is 2. The lowest BCUT2D eigenvalue weighted by Gasteiger charge is -2.08. The van der Waals surface area contributed by atoms with E-state index in [2.05, 4.69) is 15.5 Å². The molecule has 0 saturated heterocycles. The molecule has 0 radical (unpaired) electrons. The Morgan fingerprint density at radius 2 is 1.70 bits per heavy atom. The number of esters is 1. The van der Waals surface area contributed by atoms with Crippen molar-refractivity contribution in [3.63, 3.8) is 0 Å². The third-order valence-electron chi connectivity index (χ3n) is 4.31. The minimum Gasteiger partial charge on any atom is -0.452 e. The second kappa shape index (κ2) is 9.13. The summed E-state index contributed by atoms with van der Waals surface area (Å²) in [6.45, 7) is 3.43. The van der Waals surface area contributed by atoms with Crippen LogP contribution in [0.3, 0.4) is 0 Å². The summed E-state index contributed by atoms with van der Waals surface area (Å²) < 4.78 is 5.09. The lowest BCUT2D eigenvalue weighted by Crippen LogP contribution is -2.19. The highest BCUT2D eigenvalue weighted by atomic mass is 16.5. The summed E-state index contributed by atoms with van der Waals surface area (Å²) in [6.07, 6.45) is 0.407. The molecule has 2 aromatic carbocycles. The fourth-order valence-corrected chi connectivity index (χ4v) is 2.88. The number of anilines is 1. The highest BCUT2D eigenvalue weighted by Crippen LogP contribution is 2.15. The van der Waals surface area contributed by atoms with Gasteiger partial charge in [0.05, 0.1) is 5.39 Å². The zero-order valence-electron chi connectivity index (χ0n) is 16.6. The van der Waals surface area contributed by atoms with Crippen LogP contribution in [0.2, 0.25) is 0 Å². The number of ketones is 1. The number of carbonyl (C=O) groups is 3. The predicted octanol–water partition coefficient (Wildman–Crippen LogP) is 2.95. The van der Waals surface area contributed by atoms with Gasteiger partial charge < -0.3 is 10.1 Å². The number of benzene rings is 2. The average Bonchev–Trinajstić information content (AvgIpc) is 2.72. The van der Waals surface area contributed by atoms with E-state index in [0.29, 0.717) is 28.4 Å². The number of ether oxygens (including phenoxy) is 1. The van der Waals surface area contributed by atoms with Crippen molar-refractivity contribution in [3.05, 3.63) is 70.1 Å². The van der Waals surface area contributed by atoms with Gasteiger partial charge in [-0.1, -0.05) is 32.0 Å². The number of hydrogen-bond acceptors (Lipinski definition) is 6. The highest BCUT2D eigenvalue weighted by Gasteiger charge is 2.17. The third-order valence-corrected chi connectivity index (χ3v) is 4.31. The topological polar surface area (TPSA) is 118 Å². The molecule has 1 aromatic heterocycles. The van der Waals surface area contributed by atoms with Crippen LogP contribution >= 0.6 is 0 Å². The van der Waals surface area contributed by atoms with Crippen LogP contribution in [-0.2, 0) is 9.53 Å². The molecule has 0 fully saturated rings. The number of Topliss-reactive ketones (excluding diaryl/α,β-unsaturated/α-hetero) is 1. The van der Waals surface area contributed by atoms with Crippen LogP contribution in [-0.4, -0.2) is 34.5 Å². The number of nitrogens with zero attached hydrogens (tertiary/aromatic N) is 1. The maximum Gasteiger partial charge on any atom is 0.359 e. The quantitative estimate of drug-likeness (QED) is 0.459. The standard InChI is InChI=1S/C22H21N3O5/c1-13(2)11-19(27)23-15-9-7-14(8-10-15)18(26)12-30-22(29)20-16-5-3-4-6-17(16)21(28)25-24-20/h3-10,13H,11-12H2,1-2H3,(H,23,27)(H,25,28). The normalized spacial score (nSPS) is 10.8. The van der Waals surface area contributed by atoms with Crippen LogP contribution in [0.1, 0.15) is 41.1 Å². The van der Waals surface area contributed by atoms with Crippen LogP contribution in [0, 0.1) is 5.92 Å². The van der Waals surface area contributed by atoms with Gasteiger partial charge in [0, 0.05) is 23.1 Å². The lowest BCUT2D eigenvalue weighted by atomic mass is 10.1. The van der Waals surface area contributed by atoms with Crippen molar-refractivity contribution in [2.75, 3.05) is 11.9 Å². The maximum atomic E-state index is 12.4. The van der Waals surface area contributed by atoms with E-state index in [9.17, 15) is 19.2 Å². The summed E-state index contributed by atoms with van der Waals surface area (Å²) in [6, 6.07) is 12.8. The van der Waals surface area contributed by atoms with Crippen molar-refractivity contribution < 1.29 is 19.1 Å². The van der Waals surface area contributed by atoms with Crippen LogP contribution in [0.15, 0.2) is 53.3 Å². The Hall–Kier alpha value is -3.81. The Kier molecular flexibility index (Phi) is 6.36. The maximum absolute atomic E-state index is 12.4. The number of rotatable bonds is 7. The molecule has 0 aliphatic rings. The monoisotopic (exact) mass is 407 g/mol. The third kappa shape index (κ3) is 4.96. The van der Waals surface area contributed by atoms with Gasteiger partial charge in [-0.25, -0.2) is 9.89 Å². The Bertz CT molecular complexity index is 1150. The molecule has 0 unspecified atom stereocenters. The predicted molar refractivity (Wildman–Crippen MR) is 112 cm³/mol. The van der Waals surface area contributed by atoms with Crippen LogP contribution < -0.4 is 10.9 Å². The molecule has 3 rings (SSSR count). The van der Waals surface area contributed by atoms with Gasteiger partial charge in [-0.05, 0) is 36.2 Å². The minimum atomic E-state index is -0.812. The van der Waals surface area contributed by atoms with Crippen molar-refractivity contribution in [2.24, 2.45) is 5.92 Å². The lowest BCUT2D eigenvalue weighted by molar-refractivity contribution is -0.116. The van der Waals surface area contributed by atoms with E-state index in [1.807, 2.05) is 13.8 Å². The Balaban J connectivity index is 1.63. The molecule has 3 aromatic rings. The first kappa shape index (κ1) is 20.9.